The van der Waals surface area contributed by atoms with E-state index in [1.54, 1.807) is 18.2 Å². The van der Waals surface area contributed by atoms with Gasteiger partial charge in [-0.25, -0.2) is 4.79 Å². The summed E-state index contributed by atoms with van der Waals surface area (Å²) in [5.41, 5.74) is 2.37. The van der Waals surface area contributed by atoms with Crippen LogP contribution in [0.1, 0.15) is 34.5 Å². The van der Waals surface area contributed by atoms with E-state index in [9.17, 15) is 9.90 Å². The lowest BCUT2D eigenvalue weighted by Crippen LogP contribution is -2.32. The number of esters is 1. The Hall–Kier alpha value is -1.88. The fourth-order valence-electron chi connectivity index (χ4n) is 2.49. The van der Waals surface area contributed by atoms with Crippen LogP contribution in [0.15, 0.2) is 48.5 Å². The molecular formula is C19H22ClNO3. The topological polar surface area (TPSA) is 58.6 Å². The standard InChI is InChI=1S/C19H22ClNO3/c1-13(11-14-7-9-15(10-8-14)19(23)24-2)21-12-18(22)16-5-3-4-6-17(16)20/h3-10,13,18,21-22H,11-12H2,1-2H3. The van der Waals surface area contributed by atoms with Crippen molar-refractivity contribution in [1.82, 2.24) is 5.32 Å². The molecule has 24 heavy (non-hydrogen) atoms. The van der Waals surface area contributed by atoms with E-state index in [-0.39, 0.29) is 12.0 Å². The zero-order chi connectivity index (χ0) is 17.5. The molecule has 0 radical (unpaired) electrons. The number of rotatable bonds is 7. The predicted octanol–water partition coefficient (Wildman–Crippen LogP) is 3.38. The summed E-state index contributed by atoms with van der Waals surface area (Å²) in [6.45, 7) is 2.47. The summed E-state index contributed by atoms with van der Waals surface area (Å²) in [6, 6.07) is 14.8. The number of benzene rings is 2. The summed E-state index contributed by atoms with van der Waals surface area (Å²) < 4.78 is 4.68. The maximum atomic E-state index is 11.4. The fraction of sp³-hybridized carbons (Fsp3) is 0.316. The number of aliphatic hydroxyl groups is 1. The van der Waals surface area contributed by atoms with Gasteiger partial charge in [0.25, 0.3) is 0 Å². The van der Waals surface area contributed by atoms with Gasteiger partial charge >= 0.3 is 5.97 Å². The third kappa shape index (κ3) is 5.06. The quantitative estimate of drug-likeness (QED) is 0.754. The number of halogens is 1. The fourth-order valence-corrected chi connectivity index (χ4v) is 2.75. The van der Waals surface area contributed by atoms with E-state index in [1.807, 2.05) is 37.3 Å². The number of aliphatic hydroxyl groups excluding tert-OH is 1. The van der Waals surface area contributed by atoms with E-state index in [1.165, 1.54) is 7.11 Å². The molecule has 0 bridgehead atoms. The Kier molecular flexibility index (Phi) is 6.79. The van der Waals surface area contributed by atoms with Gasteiger partial charge in [0.2, 0.25) is 0 Å². The molecule has 2 atom stereocenters. The number of methoxy groups -OCH3 is 1. The van der Waals surface area contributed by atoms with Crippen molar-refractivity contribution in [3.63, 3.8) is 0 Å². The third-order valence-electron chi connectivity index (χ3n) is 3.84. The van der Waals surface area contributed by atoms with Crippen molar-refractivity contribution in [1.29, 1.82) is 0 Å². The SMILES string of the molecule is COC(=O)c1ccc(CC(C)NCC(O)c2ccccc2Cl)cc1. The van der Waals surface area contributed by atoms with Gasteiger partial charge in [-0.1, -0.05) is 41.9 Å². The lowest BCUT2D eigenvalue weighted by molar-refractivity contribution is 0.0600. The van der Waals surface area contributed by atoms with E-state index in [2.05, 4.69) is 10.1 Å². The third-order valence-corrected chi connectivity index (χ3v) is 4.19. The normalized spacial score (nSPS) is 13.3. The van der Waals surface area contributed by atoms with Crippen molar-refractivity contribution in [2.24, 2.45) is 0 Å². The molecular weight excluding hydrogens is 326 g/mol. The average molecular weight is 348 g/mol. The zero-order valence-electron chi connectivity index (χ0n) is 13.8. The van der Waals surface area contributed by atoms with Crippen LogP contribution in [0.3, 0.4) is 0 Å². The van der Waals surface area contributed by atoms with Gasteiger partial charge in [0.15, 0.2) is 0 Å². The van der Waals surface area contributed by atoms with Crippen LogP contribution in [-0.4, -0.2) is 30.8 Å². The first-order valence-corrected chi connectivity index (χ1v) is 8.22. The molecule has 2 aromatic rings. The molecule has 0 heterocycles. The molecule has 0 amide bonds. The average Bonchev–Trinajstić information content (AvgIpc) is 2.60. The van der Waals surface area contributed by atoms with Crippen molar-refractivity contribution in [2.45, 2.75) is 25.5 Å². The summed E-state index contributed by atoms with van der Waals surface area (Å²) in [7, 11) is 1.37. The maximum absolute atomic E-state index is 11.4. The molecule has 0 saturated carbocycles. The second-order valence-corrected chi connectivity index (χ2v) is 6.15. The molecule has 0 saturated heterocycles. The molecule has 0 aliphatic rings. The van der Waals surface area contributed by atoms with Gasteiger partial charge in [-0.3, -0.25) is 0 Å². The van der Waals surface area contributed by atoms with Crippen LogP contribution >= 0.6 is 11.6 Å². The molecule has 5 heteroatoms. The molecule has 0 aliphatic carbocycles. The number of nitrogens with one attached hydrogen (secondary N) is 1. The van der Waals surface area contributed by atoms with Gasteiger partial charge in [0.1, 0.15) is 0 Å². The Morgan fingerprint density at radius 2 is 1.88 bits per heavy atom. The number of hydrogen-bond acceptors (Lipinski definition) is 4. The molecule has 2 unspecified atom stereocenters. The van der Waals surface area contributed by atoms with E-state index in [0.717, 1.165) is 17.5 Å². The van der Waals surface area contributed by atoms with Gasteiger partial charge in [0.05, 0.1) is 18.8 Å². The molecule has 2 rings (SSSR count). The highest BCUT2D eigenvalue weighted by Crippen LogP contribution is 2.22. The van der Waals surface area contributed by atoms with Gasteiger partial charge in [-0.2, -0.15) is 0 Å². The minimum atomic E-state index is -0.650. The van der Waals surface area contributed by atoms with E-state index >= 15 is 0 Å². The molecule has 2 aromatic carbocycles. The largest absolute Gasteiger partial charge is 0.465 e. The van der Waals surface area contributed by atoms with Crippen LogP contribution < -0.4 is 5.32 Å². The lowest BCUT2D eigenvalue weighted by atomic mass is 10.0. The predicted molar refractivity (Wildman–Crippen MR) is 95.4 cm³/mol. The van der Waals surface area contributed by atoms with Crippen molar-refractivity contribution >= 4 is 17.6 Å². The zero-order valence-corrected chi connectivity index (χ0v) is 14.6. The highest BCUT2D eigenvalue weighted by Gasteiger charge is 2.13. The summed E-state index contributed by atoms with van der Waals surface area (Å²) in [4.78, 5) is 11.4. The number of ether oxygens (including phenoxy) is 1. The molecule has 128 valence electrons. The lowest BCUT2D eigenvalue weighted by Gasteiger charge is -2.18. The van der Waals surface area contributed by atoms with E-state index in [0.29, 0.717) is 17.1 Å². The molecule has 4 nitrogen and oxygen atoms in total. The first-order chi connectivity index (χ1) is 11.5. The smallest absolute Gasteiger partial charge is 0.337 e. The van der Waals surface area contributed by atoms with E-state index in [4.69, 9.17) is 11.6 Å². The Balaban J connectivity index is 1.86. The number of carbonyl (C=O) groups excluding carboxylic acids is 1. The van der Waals surface area contributed by atoms with Gasteiger partial charge in [-0.15, -0.1) is 0 Å². The molecule has 0 aromatic heterocycles. The van der Waals surface area contributed by atoms with Crippen LogP contribution in [0, 0.1) is 0 Å². The Morgan fingerprint density at radius 1 is 1.21 bits per heavy atom. The first kappa shape index (κ1) is 18.5. The Labute approximate surface area is 147 Å². The first-order valence-electron chi connectivity index (χ1n) is 7.84. The minimum absolute atomic E-state index is 0.172. The summed E-state index contributed by atoms with van der Waals surface area (Å²) in [6.07, 6.45) is 0.138. The van der Waals surface area contributed by atoms with Crippen molar-refractivity contribution in [2.75, 3.05) is 13.7 Å². The van der Waals surface area contributed by atoms with Crippen LogP contribution in [-0.2, 0) is 11.2 Å². The van der Waals surface area contributed by atoms with Crippen LogP contribution in [0.4, 0.5) is 0 Å². The van der Waals surface area contributed by atoms with Gasteiger partial charge in [-0.05, 0) is 37.1 Å². The molecule has 0 spiro atoms. The second-order valence-electron chi connectivity index (χ2n) is 5.74. The second kappa shape index (κ2) is 8.83. The maximum Gasteiger partial charge on any atom is 0.337 e. The molecule has 2 N–H and O–H groups in total. The molecule has 0 aliphatic heterocycles. The van der Waals surface area contributed by atoms with Crippen molar-refractivity contribution in [3.05, 3.63) is 70.2 Å². The summed E-state index contributed by atoms with van der Waals surface area (Å²) in [5.74, 6) is -0.337. The van der Waals surface area contributed by atoms with Gasteiger partial charge in [0, 0.05) is 23.2 Å². The van der Waals surface area contributed by atoms with Crippen LogP contribution in [0.5, 0.6) is 0 Å². The number of hydrogen-bond donors (Lipinski definition) is 2. The van der Waals surface area contributed by atoms with E-state index < -0.39 is 6.10 Å². The summed E-state index contributed by atoms with van der Waals surface area (Å²) >= 11 is 6.09. The molecule has 0 fully saturated rings. The minimum Gasteiger partial charge on any atom is -0.465 e. The Bertz CT molecular complexity index is 673. The highest BCUT2D eigenvalue weighted by molar-refractivity contribution is 6.31. The Morgan fingerprint density at radius 3 is 2.50 bits per heavy atom. The van der Waals surface area contributed by atoms with Crippen LogP contribution in [0.2, 0.25) is 5.02 Å². The monoisotopic (exact) mass is 347 g/mol. The summed E-state index contributed by atoms with van der Waals surface area (Å²) in [5, 5.41) is 14.1. The van der Waals surface area contributed by atoms with Crippen LogP contribution in [0.25, 0.3) is 0 Å². The number of carbonyl (C=O) groups is 1. The van der Waals surface area contributed by atoms with Crippen molar-refractivity contribution in [3.8, 4) is 0 Å². The van der Waals surface area contributed by atoms with Crippen molar-refractivity contribution < 1.29 is 14.6 Å². The highest BCUT2D eigenvalue weighted by atomic mass is 35.5. The van der Waals surface area contributed by atoms with Gasteiger partial charge < -0.3 is 15.2 Å².